The number of aryl methyl sites for hydroxylation is 1. The fraction of sp³-hybridized carbons (Fsp3) is 0.432. The molecule has 272 valence electrons. The van der Waals surface area contributed by atoms with Gasteiger partial charge in [0.2, 0.25) is 5.95 Å². The van der Waals surface area contributed by atoms with Gasteiger partial charge in [-0.2, -0.15) is 10.1 Å². The molecule has 5 heterocycles. The molecule has 2 saturated heterocycles. The second kappa shape index (κ2) is 14.0. The molecule has 1 aliphatic carbocycles. The zero-order chi connectivity index (χ0) is 36.0. The fourth-order valence-electron chi connectivity index (χ4n) is 8.21. The molecule has 1 spiro atoms. The molecule has 2 aromatic carbocycles. The highest BCUT2D eigenvalue weighted by molar-refractivity contribution is 9.10. The Balaban J connectivity index is 1.06. The van der Waals surface area contributed by atoms with Crippen LogP contribution in [0.4, 0.5) is 28.8 Å². The molecule has 8 rings (SSSR count). The lowest BCUT2D eigenvalue weighted by atomic mass is 9.60. The molecule has 0 radical (unpaired) electrons. The monoisotopic (exact) mass is 785 g/mol. The van der Waals surface area contributed by atoms with Crippen molar-refractivity contribution in [2.45, 2.75) is 31.7 Å². The van der Waals surface area contributed by atoms with Crippen molar-refractivity contribution in [2.24, 2.45) is 12.5 Å². The number of hydrogen-bond acceptors (Lipinski definition) is 12. The standard InChI is InChI=1S/C37H45BrN11O2P/c1-47-23-24(21-43-47)26-17-30(32(51-2)18-31(26)49-15-13-48(14-16-49)25-19-37(20-25)7-9-39-10-8-37)45-36-42-22-27(38)35(46-36)44-29-6-5-28-33(41-12-11-40-28)34(29)52(3,4)50/h5-6,11-12,17-18,21-23,25,39H,7-10,13-16,19-20H2,1-4H3,(H2,42,44,45,46). The minimum atomic E-state index is -2.77. The molecule has 15 heteroatoms. The molecule has 13 nitrogen and oxygen atoms in total. The summed E-state index contributed by atoms with van der Waals surface area (Å²) in [6.45, 7) is 9.80. The summed E-state index contributed by atoms with van der Waals surface area (Å²) in [7, 11) is 0.857. The van der Waals surface area contributed by atoms with Crippen LogP contribution in [0.1, 0.15) is 25.7 Å². The van der Waals surface area contributed by atoms with Crippen molar-refractivity contribution in [3.05, 3.63) is 59.7 Å². The van der Waals surface area contributed by atoms with Crippen LogP contribution in [0.3, 0.4) is 0 Å². The van der Waals surface area contributed by atoms with Crippen LogP contribution in [-0.2, 0) is 11.6 Å². The van der Waals surface area contributed by atoms with Crippen molar-refractivity contribution in [1.29, 1.82) is 0 Å². The molecule has 3 fully saturated rings. The average molecular weight is 787 g/mol. The van der Waals surface area contributed by atoms with E-state index >= 15 is 0 Å². The van der Waals surface area contributed by atoms with E-state index in [-0.39, 0.29) is 0 Å². The first-order valence-corrected chi connectivity index (χ1v) is 21.3. The lowest BCUT2D eigenvalue weighted by molar-refractivity contribution is -0.0224. The van der Waals surface area contributed by atoms with Gasteiger partial charge in [-0.3, -0.25) is 19.5 Å². The Hall–Kier alpha value is -4.10. The molecule has 52 heavy (non-hydrogen) atoms. The molecule has 3 N–H and O–H groups in total. The molecule has 1 saturated carbocycles. The van der Waals surface area contributed by atoms with Crippen molar-refractivity contribution < 1.29 is 9.30 Å². The Kier molecular flexibility index (Phi) is 9.44. The van der Waals surface area contributed by atoms with E-state index in [4.69, 9.17) is 9.72 Å². The normalized spacial score (nSPS) is 18.1. The van der Waals surface area contributed by atoms with E-state index in [2.05, 4.69) is 73.9 Å². The summed E-state index contributed by atoms with van der Waals surface area (Å²) in [4.78, 5) is 23.5. The highest BCUT2D eigenvalue weighted by Gasteiger charge is 2.47. The van der Waals surface area contributed by atoms with Crippen LogP contribution in [0.5, 0.6) is 5.75 Å². The summed E-state index contributed by atoms with van der Waals surface area (Å²) in [6, 6.07) is 8.66. The van der Waals surface area contributed by atoms with Gasteiger partial charge in [0.05, 0.1) is 40.0 Å². The van der Waals surface area contributed by atoms with E-state index in [1.807, 2.05) is 36.3 Å². The van der Waals surface area contributed by atoms with E-state index < -0.39 is 7.14 Å². The van der Waals surface area contributed by atoms with Gasteiger partial charge >= 0.3 is 0 Å². The average Bonchev–Trinajstić information content (AvgIpc) is 3.57. The van der Waals surface area contributed by atoms with Crippen LogP contribution in [0.15, 0.2) is 59.7 Å². The minimum Gasteiger partial charge on any atom is -0.494 e. The molecule has 5 aromatic rings. The Morgan fingerprint density at radius 3 is 2.46 bits per heavy atom. The zero-order valence-corrected chi connectivity index (χ0v) is 32.5. The molecular weight excluding hydrogens is 741 g/mol. The van der Waals surface area contributed by atoms with Gasteiger partial charge < -0.3 is 30.2 Å². The first-order valence-electron chi connectivity index (χ1n) is 17.9. The summed E-state index contributed by atoms with van der Waals surface area (Å²) < 4.78 is 22.0. The Labute approximate surface area is 312 Å². The highest BCUT2D eigenvalue weighted by atomic mass is 79.9. The van der Waals surface area contributed by atoms with Crippen LogP contribution in [0.2, 0.25) is 0 Å². The van der Waals surface area contributed by atoms with Crippen LogP contribution in [0.25, 0.3) is 22.2 Å². The van der Waals surface area contributed by atoms with E-state index in [0.717, 1.165) is 48.7 Å². The number of fused-ring (bicyclic) bond motifs is 1. The number of benzene rings is 2. The fourth-order valence-corrected chi connectivity index (χ4v) is 9.89. The Morgan fingerprint density at radius 1 is 0.981 bits per heavy atom. The third kappa shape index (κ3) is 6.89. The van der Waals surface area contributed by atoms with E-state index in [9.17, 15) is 4.57 Å². The second-order valence-corrected chi connectivity index (χ2v) is 18.7. The van der Waals surface area contributed by atoms with Gasteiger partial charge in [0, 0.05) is 86.9 Å². The predicted octanol–water partition coefficient (Wildman–Crippen LogP) is 5.98. The van der Waals surface area contributed by atoms with E-state index in [1.165, 1.54) is 38.8 Å². The first kappa shape index (κ1) is 35.0. The maximum atomic E-state index is 13.5. The maximum absolute atomic E-state index is 13.5. The van der Waals surface area contributed by atoms with Crippen LogP contribution >= 0.6 is 23.1 Å². The van der Waals surface area contributed by atoms with Crippen molar-refractivity contribution in [3.63, 3.8) is 0 Å². The molecule has 3 aromatic heterocycles. The number of piperazine rings is 1. The summed E-state index contributed by atoms with van der Waals surface area (Å²) >= 11 is 3.61. The zero-order valence-electron chi connectivity index (χ0n) is 30.1. The smallest absolute Gasteiger partial charge is 0.229 e. The largest absolute Gasteiger partial charge is 0.494 e. The summed E-state index contributed by atoms with van der Waals surface area (Å²) in [5, 5.41) is 15.5. The van der Waals surface area contributed by atoms with Crippen LogP contribution in [0, 0.1) is 5.41 Å². The number of methoxy groups -OCH3 is 1. The lowest BCUT2D eigenvalue weighted by Gasteiger charge is -2.55. The number of nitrogens with one attached hydrogen (secondary N) is 3. The van der Waals surface area contributed by atoms with Gasteiger partial charge in [-0.15, -0.1) is 0 Å². The number of hydrogen-bond donors (Lipinski definition) is 3. The Bertz CT molecular complexity index is 2150. The topological polar surface area (TPSA) is 138 Å². The minimum absolute atomic E-state index is 0.368. The van der Waals surface area contributed by atoms with E-state index in [0.29, 0.717) is 55.5 Å². The number of rotatable bonds is 9. The van der Waals surface area contributed by atoms with Gasteiger partial charge in [-0.1, -0.05) is 0 Å². The van der Waals surface area contributed by atoms with Crippen LogP contribution in [-0.4, -0.2) is 100 Å². The number of nitrogens with zero attached hydrogens (tertiary/aromatic N) is 8. The molecule has 0 amide bonds. The maximum Gasteiger partial charge on any atom is 0.229 e. The van der Waals surface area contributed by atoms with Gasteiger partial charge in [-0.25, -0.2) is 4.98 Å². The molecule has 0 bridgehead atoms. The number of ether oxygens (including phenoxy) is 1. The predicted molar refractivity (Wildman–Crippen MR) is 211 cm³/mol. The number of halogens is 1. The van der Waals surface area contributed by atoms with Crippen LogP contribution < -0.4 is 30.9 Å². The summed E-state index contributed by atoms with van der Waals surface area (Å²) in [6.07, 6.45) is 14.2. The molecule has 0 atom stereocenters. The number of anilines is 5. The van der Waals surface area contributed by atoms with Crippen molar-refractivity contribution in [2.75, 3.05) is 75.2 Å². The summed E-state index contributed by atoms with van der Waals surface area (Å²) in [5.74, 6) is 1.56. The number of piperidine rings is 1. The molecule has 3 aliphatic rings. The lowest BCUT2D eigenvalue weighted by Crippen LogP contribution is -2.58. The first-order chi connectivity index (χ1) is 25.1. The highest BCUT2D eigenvalue weighted by Crippen LogP contribution is 2.50. The summed E-state index contributed by atoms with van der Waals surface area (Å²) in [5.41, 5.74) is 6.44. The van der Waals surface area contributed by atoms with Gasteiger partial charge in [0.15, 0.2) is 0 Å². The quantitative estimate of drug-likeness (QED) is 0.152. The third-order valence-corrected chi connectivity index (χ3v) is 13.0. The van der Waals surface area contributed by atoms with Gasteiger partial charge in [0.25, 0.3) is 0 Å². The van der Waals surface area contributed by atoms with Gasteiger partial charge in [-0.05, 0) is 91.6 Å². The second-order valence-electron chi connectivity index (χ2n) is 14.7. The van der Waals surface area contributed by atoms with Crippen molar-refractivity contribution in [1.82, 2.24) is 39.9 Å². The molecule has 2 aliphatic heterocycles. The molecular formula is C37H45BrN11O2P. The third-order valence-electron chi connectivity index (χ3n) is 10.9. The van der Waals surface area contributed by atoms with Gasteiger partial charge in [0.1, 0.15) is 24.2 Å². The molecule has 0 unspecified atom stereocenters. The van der Waals surface area contributed by atoms with E-state index in [1.54, 1.807) is 39.0 Å². The van der Waals surface area contributed by atoms with Crippen molar-refractivity contribution in [3.8, 4) is 16.9 Å². The SMILES string of the molecule is COc1cc(N2CCN(C3CC4(CCNCC4)C3)CC2)c(-c2cnn(C)c2)cc1Nc1ncc(Br)c(Nc2ccc3nccnc3c2P(C)(C)=O)n1. The Morgan fingerprint density at radius 2 is 1.75 bits per heavy atom. The van der Waals surface area contributed by atoms with Crippen molar-refractivity contribution >= 4 is 68.2 Å². The number of aromatic nitrogens is 6.